The average Bonchev–Trinajstić information content (AvgIpc) is 2.88. The van der Waals surface area contributed by atoms with Crippen LogP contribution in [0, 0.1) is 16.0 Å². The van der Waals surface area contributed by atoms with Gasteiger partial charge >= 0.3 is 0 Å². The molecule has 0 radical (unpaired) electrons. The van der Waals surface area contributed by atoms with E-state index in [0.29, 0.717) is 5.02 Å². The summed E-state index contributed by atoms with van der Waals surface area (Å²) >= 11 is 5.91. The Morgan fingerprint density at radius 2 is 2.05 bits per heavy atom. The minimum Gasteiger partial charge on any atom is -0.324 e. The van der Waals surface area contributed by atoms with Gasteiger partial charge in [0.25, 0.3) is 5.69 Å². The fourth-order valence-electron chi connectivity index (χ4n) is 2.80. The zero-order chi connectivity index (χ0) is 13.8. The number of nitro groups is 1. The number of benzene rings is 1. The lowest BCUT2D eigenvalue weighted by Crippen LogP contribution is -2.12. The van der Waals surface area contributed by atoms with Gasteiger partial charge in [0.1, 0.15) is 0 Å². The number of nitro benzene ring substituents is 1. The number of non-ortho nitro benzene ring substituents is 1. The van der Waals surface area contributed by atoms with E-state index in [1.54, 1.807) is 6.07 Å². The van der Waals surface area contributed by atoms with Crippen molar-refractivity contribution in [1.29, 1.82) is 0 Å². The highest BCUT2D eigenvalue weighted by atomic mass is 35.5. The summed E-state index contributed by atoms with van der Waals surface area (Å²) in [5.74, 6) is 0.778. The van der Waals surface area contributed by atoms with Gasteiger partial charge in [-0.25, -0.2) is 0 Å². The first-order valence-electron chi connectivity index (χ1n) is 6.76. The van der Waals surface area contributed by atoms with E-state index in [9.17, 15) is 10.1 Å². The second-order valence-corrected chi connectivity index (χ2v) is 5.77. The van der Waals surface area contributed by atoms with Gasteiger partial charge in [-0.1, -0.05) is 37.3 Å². The molecule has 1 unspecified atom stereocenters. The number of hydrogen-bond donors (Lipinski definition) is 1. The molecule has 0 saturated heterocycles. The Hall–Kier alpha value is -1.13. The van der Waals surface area contributed by atoms with E-state index in [1.165, 1.54) is 37.8 Å². The van der Waals surface area contributed by atoms with E-state index in [0.717, 1.165) is 24.3 Å². The summed E-state index contributed by atoms with van der Waals surface area (Å²) in [7, 11) is 0. The monoisotopic (exact) mass is 282 g/mol. The van der Waals surface area contributed by atoms with Crippen molar-refractivity contribution in [2.75, 3.05) is 0 Å². The summed E-state index contributed by atoms with van der Waals surface area (Å²) < 4.78 is 0. The summed E-state index contributed by atoms with van der Waals surface area (Å²) in [5, 5.41) is 11.2. The van der Waals surface area contributed by atoms with Gasteiger partial charge in [0, 0.05) is 23.2 Å². The van der Waals surface area contributed by atoms with Gasteiger partial charge in [-0.3, -0.25) is 10.1 Å². The van der Waals surface area contributed by atoms with Crippen LogP contribution in [0.15, 0.2) is 18.2 Å². The molecule has 0 amide bonds. The summed E-state index contributed by atoms with van der Waals surface area (Å²) in [6, 6.07) is 4.45. The summed E-state index contributed by atoms with van der Waals surface area (Å²) in [6.07, 6.45) is 7.19. The Kier molecular flexibility index (Phi) is 4.77. The number of nitrogens with zero attached hydrogens (tertiary/aromatic N) is 1. The summed E-state index contributed by atoms with van der Waals surface area (Å²) in [6.45, 7) is 0. The number of hydrogen-bond acceptors (Lipinski definition) is 3. The van der Waals surface area contributed by atoms with E-state index in [4.69, 9.17) is 17.3 Å². The zero-order valence-electron chi connectivity index (χ0n) is 10.8. The molecule has 19 heavy (non-hydrogen) atoms. The molecule has 1 fully saturated rings. The Bertz CT molecular complexity index is 459. The molecule has 5 heteroatoms. The highest BCUT2D eigenvalue weighted by Crippen LogP contribution is 2.32. The van der Waals surface area contributed by atoms with Crippen LogP contribution in [-0.4, -0.2) is 4.92 Å². The first-order valence-corrected chi connectivity index (χ1v) is 7.14. The molecule has 2 N–H and O–H groups in total. The Morgan fingerprint density at radius 3 is 2.68 bits per heavy atom. The van der Waals surface area contributed by atoms with Gasteiger partial charge in [0.2, 0.25) is 0 Å². The third kappa shape index (κ3) is 3.91. The van der Waals surface area contributed by atoms with Gasteiger partial charge in [-0.05, 0) is 30.4 Å². The van der Waals surface area contributed by atoms with Crippen molar-refractivity contribution in [1.82, 2.24) is 0 Å². The fraction of sp³-hybridized carbons (Fsp3) is 0.571. The molecule has 0 aromatic heterocycles. The third-order valence-corrected chi connectivity index (χ3v) is 4.12. The standard InChI is InChI=1S/C14H19ClN2O2/c15-12-7-11(8-13(9-12)17(18)19)14(16)6-5-10-3-1-2-4-10/h7-10,14H,1-6,16H2. The van der Waals surface area contributed by atoms with Gasteiger partial charge in [0.15, 0.2) is 0 Å². The van der Waals surface area contributed by atoms with Crippen LogP contribution >= 0.6 is 11.6 Å². The lowest BCUT2D eigenvalue weighted by Gasteiger charge is -2.15. The van der Waals surface area contributed by atoms with Crippen LogP contribution < -0.4 is 5.73 Å². The minimum absolute atomic E-state index is 0.0128. The topological polar surface area (TPSA) is 69.2 Å². The van der Waals surface area contributed by atoms with Crippen molar-refractivity contribution in [3.8, 4) is 0 Å². The Labute approximate surface area is 118 Å². The molecule has 1 aliphatic rings. The molecule has 0 spiro atoms. The molecule has 0 heterocycles. The molecular weight excluding hydrogens is 264 g/mol. The molecule has 1 aliphatic carbocycles. The van der Waals surface area contributed by atoms with Crippen molar-refractivity contribution in [2.24, 2.45) is 11.7 Å². The molecule has 1 saturated carbocycles. The molecule has 0 aliphatic heterocycles. The molecule has 1 atom stereocenters. The number of nitrogens with two attached hydrogens (primary N) is 1. The highest BCUT2D eigenvalue weighted by molar-refractivity contribution is 6.30. The zero-order valence-corrected chi connectivity index (χ0v) is 11.6. The molecule has 1 aromatic rings. The molecular formula is C14H19ClN2O2. The second kappa shape index (κ2) is 6.35. The minimum atomic E-state index is -0.431. The van der Waals surface area contributed by atoms with E-state index in [2.05, 4.69) is 0 Å². The van der Waals surface area contributed by atoms with Crippen molar-refractivity contribution in [3.63, 3.8) is 0 Å². The maximum atomic E-state index is 10.8. The molecule has 0 bridgehead atoms. The van der Waals surface area contributed by atoms with E-state index < -0.39 is 4.92 Å². The smallest absolute Gasteiger partial charge is 0.271 e. The van der Waals surface area contributed by atoms with Gasteiger partial charge in [0.05, 0.1) is 4.92 Å². The van der Waals surface area contributed by atoms with Crippen LogP contribution in [0.25, 0.3) is 0 Å². The van der Waals surface area contributed by atoms with Crippen LogP contribution in [0.3, 0.4) is 0 Å². The predicted octanol–water partition coefficient (Wildman–Crippen LogP) is 4.22. The first kappa shape index (κ1) is 14.3. The van der Waals surface area contributed by atoms with E-state index >= 15 is 0 Å². The molecule has 2 rings (SSSR count). The van der Waals surface area contributed by atoms with Gasteiger partial charge in [-0.15, -0.1) is 0 Å². The molecule has 1 aromatic carbocycles. The lowest BCUT2D eigenvalue weighted by molar-refractivity contribution is -0.384. The number of halogens is 1. The van der Waals surface area contributed by atoms with Crippen LogP contribution in [0.5, 0.6) is 0 Å². The first-order chi connectivity index (χ1) is 9.06. The number of rotatable bonds is 5. The quantitative estimate of drug-likeness (QED) is 0.649. The third-order valence-electron chi connectivity index (χ3n) is 3.90. The van der Waals surface area contributed by atoms with E-state index in [1.807, 2.05) is 0 Å². The SMILES string of the molecule is NC(CCC1CCCC1)c1cc(Cl)cc([N+](=O)[O-])c1. The maximum absolute atomic E-state index is 10.8. The van der Waals surface area contributed by atoms with Gasteiger partial charge < -0.3 is 5.73 Å². The second-order valence-electron chi connectivity index (χ2n) is 5.33. The fourth-order valence-corrected chi connectivity index (χ4v) is 3.03. The Morgan fingerprint density at radius 1 is 1.37 bits per heavy atom. The predicted molar refractivity (Wildman–Crippen MR) is 76.2 cm³/mol. The van der Waals surface area contributed by atoms with Gasteiger partial charge in [-0.2, -0.15) is 0 Å². The van der Waals surface area contributed by atoms with Crippen molar-refractivity contribution >= 4 is 17.3 Å². The lowest BCUT2D eigenvalue weighted by atomic mass is 9.95. The average molecular weight is 283 g/mol. The summed E-state index contributed by atoms with van der Waals surface area (Å²) in [4.78, 5) is 10.4. The van der Waals surface area contributed by atoms with Crippen LogP contribution in [0.2, 0.25) is 5.02 Å². The highest BCUT2D eigenvalue weighted by Gasteiger charge is 2.18. The van der Waals surface area contributed by atoms with Crippen LogP contribution in [-0.2, 0) is 0 Å². The van der Waals surface area contributed by atoms with E-state index in [-0.39, 0.29) is 11.7 Å². The summed E-state index contributed by atoms with van der Waals surface area (Å²) in [5.41, 5.74) is 6.90. The van der Waals surface area contributed by atoms with Crippen molar-refractivity contribution in [3.05, 3.63) is 38.9 Å². The molecule has 4 nitrogen and oxygen atoms in total. The Balaban J connectivity index is 2.01. The molecule has 104 valence electrons. The van der Waals surface area contributed by atoms with Crippen LogP contribution in [0.1, 0.15) is 50.1 Å². The normalized spacial score (nSPS) is 17.6. The maximum Gasteiger partial charge on any atom is 0.271 e. The van der Waals surface area contributed by atoms with Crippen molar-refractivity contribution < 1.29 is 4.92 Å². The van der Waals surface area contributed by atoms with Crippen molar-refractivity contribution in [2.45, 2.75) is 44.6 Å². The largest absolute Gasteiger partial charge is 0.324 e. The van der Waals surface area contributed by atoms with Crippen LogP contribution in [0.4, 0.5) is 5.69 Å².